The van der Waals surface area contributed by atoms with Crippen molar-refractivity contribution < 1.29 is 4.79 Å². The van der Waals surface area contributed by atoms with Gasteiger partial charge in [-0.2, -0.15) is 0 Å². The average molecular weight is 383 g/mol. The van der Waals surface area contributed by atoms with E-state index in [2.05, 4.69) is 39.1 Å². The molecular weight excluding hydrogens is 352 g/mol. The summed E-state index contributed by atoms with van der Waals surface area (Å²) in [6.45, 7) is 2.23. The maximum absolute atomic E-state index is 13.1. The van der Waals surface area contributed by atoms with Gasteiger partial charge in [0.25, 0.3) is 0 Å². The van der Waals surface area contributed by atoms with Crippen molar-refractivity contribution >= 4 is 5.78 Å². The number of nitrogens with zero attached hydrogens (tertiary/aromatic N) is 6. The summed E-state index contributed by atoms with van der Waals surface area (Å²) in [4.78, 5) is 18.9. The van der Waals surface area contributed by atoms with Crippen LogP contribution in [0.25, 0.3) is 20.9 Å². The smallest absolute Gasteiger partial charge is 0.184 e. The molecular formula is C21H30N6O. The zero-order chi connectivity index (χ0) is 19.9. The van der Waals surface area contributed by atoms with Crippen LogP contribution in [0.2, 0.25) is 0 Å². The van der Waals surface area contributed by atoms with E-state index in [-0.39, 0.29) is 17.9 Å². The van der Waals surface area contributed by atoms with Crippen molar-refractivity contribution in [2.24, 2.45) is 28.0 Å². The van der Waals surface area contributed by atoms with Crippen LogP contribution in [-0.2, 0) is 4.79 Å². The molecule has 0 unspecified atom stereocenters. The second kappa shape index (κ2) is 9.81. The van der Waals surface area contributed by atoms with E-state index in [4.69, 9.17) is 11.1 Å². The minimum Gasteiger partial charge on any atom is -0.289 e. The van der Waals surface area contributed by atoms with E-state index in [1.54, 1.807) is 0 Å². The predicted octanol–water partition coefficient (Wildman–Crippen LogP) is 6.58. The van der Waals surface area contributed by atoms with Crippen molar-refractivity contribution in [3.63, 3.8) is 0 Å². The summed E-state index contributed by atoms with van der Waals surface area (Å²) in [7, 11) is 0. The molecule has 28 heavy (non-hydrogen) atoms. The number of carbonyl (C=O) groups excluding carboxylic acids is 1. The number of hydrogen-bond donors (Lipinski definition) is 0. The Kier molecular flexibility index (Phi) is 7.18. The Morgan fingerprint density at radius 3 is 1.54 bits per heavy atom. The number of hydrogen-bond acceptors (Lipinski definition) is 3. The highest BCUT2D eigenvalue weighted by atomic mass is 16.1. The molecule has 7 heteroatoms. The van der Waals surface area contributed by atoms with Crippen LogP contribution < -0.4 is 0 Å². The third kappa shape index (κ3) is 5.40. The van der Waals surface area contributed by atoms with Crippen molar-refractivity contribution in [1.82, 2.24) is 0 Å². The van der Waals surface area contributed by atoms with Crippen LogP contribution in [0.15, 0.2) is 33.5 Å². The highest BCUT2D eigenvalue weighted by Gasteiger charge is 2.29. The number of azide groups is 2. The second-order valence-corrected chi connectivity index (χ2v) is 8.77. The number of allylic oxidation sites excluding steroid dienone is 4. The standard InChI is InChI=1S/C21H30N6O/c1-14-10-17(12-15-2-6-19(7-3-15)24-26-22)21(28)18(11-14)13-16-4-8-20(9-5-16)25-27-23/h12-16,19-20H,2-11H2,1H3/b17-12+,18-13+. The van der Waals surface area contributed by atoms with Gasteiger partial charge in [0.15, 0.2) is 5.78 Å². The largest absolute Gasteiger partial charge is 0.289 e. The van der Waals surface area contributed by atoms with Crippen molar-refractivity contribution in [2.45, 2.75) is 83.2 Å². The van der Waals surface area contributed by atoms with E-state index in [9.17, 15) is 4.79 Å². The van der Waals surface area contributed by atoms with E-state index in [1.165, 1.54) is 0 Å². The van der Waals surface area contributed by atoms with Crippen LogP contribution in [0.1, 0.15) is 71.1 Å². The summed E-state index contributed by atoms with van der Waals surface area (Å²) in [6.07, 6.45) is 13.8. The first-order chi connectivity index (χ1) is 13.6. The van der Waals surface area contributed by atoms with Gasteiger partial charge in [-0.05, 0) is 104 Å². The number of ketones is 1. The lowest BCUT2D eigenvalue weighted by Crippen LogP contribution is -2.22. The molecule has 0 aromatic rings. The van der Waals surface area contributed by atoms with E-state index in [1.807, 2.05) is 0 Å². The minimum atomic E-state index is 0.122. The zero-order valence-electron chi connectivity index (χ0n) is 16.7. The molecule has 0 aromatic carbocycles. The highest BCUT2D eigenvalue weighted by molar-refractivity contribution is 6.09. The normalized spacial score (nSPS) is 36.6. The molecule has 3 saturated carbocycles. The third-order valence-corrected chi connectivity index (χ3v) is 6.51. The SMILES string of the molecule is CC1C/C(=C\C2CCC(N=[N+]=[N-])CC2)C(=O)/C(=C/C2CCC(N=[N+]=[N-])CC2)C1. The molecule has 0 N–H and O–H groups in total. The predicted molar refractivity (Wildman–Crippen MR) is 109 cm³/mol. The molecule has 3 fully saturated rings. The van der Waals surface area contributed by atoms with Crippen LogP contribution in [0.5, 0.6) is 0 Å². The van der Waals surface area contributed by atoms with Crippen LogP contribution in [-0.4, -0.2) is 17.9 Å². The fraction of sp³-hybridized carbons (Fsp3) is 0.762. The summed E-state index contributed by atoms with van der Waals surface area (Å²) in [5.41, 5.74) is 19.2. The van der Waals surface area contributed by atoms with E-state index < -0.39 is 0 Å². The lowest BCUT2D eigenvalue weighted by atomic mass is 9.76. The number of carbonyl (C=O) groups is 1. The fourth-order valence-electron chi connectivity index (χ4n) is 4.98. The van der Waals surface area contributed by atoms with E-state index >= 15 is 0 Å². The summed E-state index contributed by atoms with van der Waals surface area (Å²) < 4.78 is 0. The first-order valence-corrected chi connectivity index (χ1v) is 10.6. The first kappa shape index (κ1) is 20.5. The van der Waals surface area contributed by atoms with Gasteiger partial charge in [0, 0.05) is 21.9 Å². The quantitative estimate of drug-likeness (QED) is 0.232. The van der Waals surface area contributed by atoms with E-state index in [0.717, 1.165) is 75.4 Å². The van der Waals surface area contributed by atoms with Gasteiger partial charge in [0.05, 0.1) is 0 Å². The van der Waals surface area contributed by atoms with Crippen LogP contribution in [0.3, 0.4) is 0 Å². The Morgan fingerprint density at radius 2 is 1.18 bits per heavy atom. The van der Waals surface area contributed by atoms with Crippen LogP contribution in [0, 0.1) is 17.8 Å². The monoisotopic (exact) mass is 382 g/mol. The Labute approximate surface area is 166 Å². The molecule has 3 rings (SSSR count). The minimum absolute atomic E-state index is 0.122. The molecule has 0 heterocycles. The molecule has 0 spiro atoms. The zero-order valence-corrected chi connectivity index (χ0v) is 16.7. The molecule has 0 atom stereocenters. The number of Topliss-reactive ketones (excluding diaryl/α,β-unsaturated/α-hetero) is 1. The molecule has 3 aliphatic rings. The Hall–Kier alpha value is -2.23. The molecule has 0 aliphatic heterocycles. The van der Waals surface area contributed by atoms with Gasteiger partial charge in [-0.25, -0.2) is 0 Å². The molecule has 0 amide bonds. The Balaban J connectivity index is 1.64. The second-order valence-electron chi connectivity index (χ2n) is 8.77. The maximum atomic E-state index is 13.1. The van der Waals surface area contributed by atoms with E-state index in [0.29, 0.717) is 17.8 Å². The van der Waals surface area contributed by atoms with Gasteiger partial charge in [-0.3, -0.25) is 4.79 Å². The van der Waals surface area contributed by atoms with Gasteiger partial charge in [0.1, 0.15) is 0 Å². The lowest BCUT2D eigenvalue weighted by molar-refractivity contribution is -0.113. The topological polar surface area (TPSA) is 115 Å². The summed E-state index contributed by atoms with van der Waals surface area (Å²) >= 11 is 0. The van der Waals surface area contributed by atoms with Gasteiger partial charge in [-0.15, -0.1) is 0 Å². The third-order valence-electron chi connectivity index (χ3n) is 6.51. The first-order valence-electron chi connectivity index (χ1n) is 10.6. The van der Waals surface area contributed by atoms with Crippen molar-refractivity contribution in [3.8, 4) is 0 Å². The summed E-state index contributed by atoms with van der Waals surface area (Å²) in [6, 6.07) is 0.244. The lowest BCUT2D eigenvalue weighted by Gasteiger charge is -2.29. The molecule has 0 saturated heterocycles. The van der Waals surface area contributed by atoms with Crippen molar-refractivity contribution in [2.75, 3.05) is 0 Å². The molecule has 7 nitrogen and oxygen atoms in total. The summed E-state index contributed by atoms with van der Waals surface area (Å²) in [5, 5.41) is 7.69. The fourth-order valence-corrected chi connectivity index (χ4v) is 4.98. The average Bonchev–Trinajstić information content (AvgIpc) is 2.69. The summed E-state index contributed by atoms with van der Waals surface area (Å²) in [5.74, 6) is 1.59. The van der Waals surface area contributed by atoms with Crippen molar-refractivity contribution in [3.05, 3.63) is 44.2 Å². The van der Waals surface area contributed by atoms with Gasteiger partial charge < -0.3 is 0 Å². The Bertz CT molecular complexity index is 668. The molecule has 0 radical (unpaired) electrons. The van der Waals surface area contributed by atoms with Crippen LogP contribution >= 0.6 is 0 Å². The maximum Gasteiger partial charge on any atom is 0.184 e. The van der Waals surface area contributed by atoms with Crippen molar-refractivity contribution in [1.29, 1.82) is 0 Å². The molecule has 3 aliphatic carbocycles. The molecule has 150 valence electrons. The van der Waals surface area contributed by atoms with Gasteiger partial charge >= 0.3 is 0 Å². The van der Waals surface area contributed by atoms with Gasteiger partial charge in [-0.1, -0.05) is 29.3 Å². The number of rotatable bonds is 4. The molecule has 0 aromatic heterocycles. The Morgan fingerprint density at radius 1 is 0.786 bits per heavy atom. The van der Waals surface area contributed by atoms with Crippen LogP contribution in [0.4, 0.5) is 0 Å². The highest BCUT2D eigenvalue weighted by Crippen LogP contribution is 2.36. The van der Waals surface area contributed by atoms with Gasteiger partial charge in [0.2, 0.25) is 0 Å². The molecule has 0 bridgehead atoms.